The molecule has 2 aromatic heterocycles. The van der Waals surface area contributed by atoms with Crippen molar-refractivity contribution < 1.29 is 19.1 Å². The van der Waals surface area contributed by atoms with Crippen LogP contribution in [-0.2, 0) is 16.1 Å². The number of pyridine rings is 1. The Morgan fingerprint density at radius 2 is 1.92 bits per heavy atom. The van der Waals surface area contributed by atoms with E-state index in [1.165, 1.54) is 16.7 Å². The van der Waals surface area contributed by atoms with Gasteiger partial charge in [0, 0.05) is 40.3 Å². The fourth-order valence-electron chi connectivity index (χ4n) is 4.36. The number of nitrogens with zero attached hydrogens (tertiary/aromatic N) is 2. The first-order valence-corrected chi connectivity index (χ1v) is 14.0. The summed E-state index contributed by atoms with van der Waals surface area (Å²) in [6.45, 7) is 0.115. The Morgan fingerprint density at radius 3 is 2.82 bits per heavy atom. The maximum absolute atomic E-state index is 12.9. The van der Waals surface area contributed by atoms with E-state index in [0.29, 0.717) is 29.5 Å². The number of aromatic amines is 1. The molecule has 0 aliphatic carbocycles. The Kier molecular flexibility index (Phi) is 6.69. The minimum atomic E-state index is -0.593. The first-order chi connectivity index (χ1) is 18.5. The van der Waals surface area contributed by atoms with Crippen molar-refractivity contribution >= 4 is 52.1 Å². The quantitative estimate of drug-likeness (QED) is 0.297. The van der Waals surface area contributed by atoms with Crippen LogP contribution in [0.25, 0.3) is 10.9 Å². The summed E-state index contributed by atoms with van der Waals surface area (Å²) in [6, 6.07) is 16.2. The molecule has 4 aromatic rings. The fourth-order valence-corrected chi connectivity index (χ4v) is 6.47. The van der Waals surface area contributed by atoms with Crippen LogP contribution in [0.3, 0.4) is 0 Å². The molecule has 3 amide bonds. The Morgan fingerprint density at radius 1 is 1.05 bits per heavy atom. The molecule has 0 saturated carbocycles. The minimum absolute atomic E-state index is 0.201. The summed E-state index contributed by atoms with van der Waals surface area (Å²) in [7, 11) is 0. The van der Waals surface area contributed by atoms with Crippen LogP contribution in [0.4, 0.5) is 0 Å². The molecule has 2 aliphatic heterocycles. The lowest BCUT2D eigenvalue weighted by atomic mass is 10.2. The highest BCUT2D eigenvalue weighted by atomic mass is 32.2. The van der Waals surface area contributed by atoms with E-state index in [0.717, 1.165) is 32.1 Å². The fraction of sp³-hybridized carbons (Fsp3) is 0.185. The van der Waals surface area contributed by atoms with Gasteiger partial charge in [0.15, 0.2) is 0 Å². The predicted molar refractivity (Wildman–Crippen MR) is 145 cm³/mol. The van der Waals surface area contributed by atoms with E-state index in [9.17, 15) is 14.4 Å². The topological polar surface area (TPSA) is 116 Å². The molecule has 2 aliphatic rings. The van der Waals surface area contributed by atoms with Gasteiger partial charge in [-0.25, -0.2) is 0 Å². The summed E-state index contributed by atoms with van der Waals surface area (Å²) >= 11 is 3.09. The predicted octanol–water partition coefficient (Wildman–Crippen LogP) is 3.77. The van der Waals surface area contributed by atoms with Gasteiger partial charge in [-0.3, -0.25) is 19.4 Å². The first-order valence-electron chi connectivity index (χ1n) is 12.0. The van der Waals surface area contributed by atoms with Crippen LogP contribution in [0.1, 0.15) is 16.1 Å². The van der Waals surface area contributed by atoms with Gasteiger partial charge in [0.25, 0.3) is 5.91 Å². The van der Waals surface area contributed by atoms with Crippen molar-refractivity contribution in [3.63, 3.8) is 0 Å². The molecule has 192 valence electrons. The van der Waals surface area contributed by atoms with Crippen molar-refractivity contribution in [1.29, 1.82) is 0 Å². The second kappa shape index (κ2) is 10.4. The molecule has 38 heavy (non-hydrogen) atoms. The van der Waals surface area contributed by atoms with Gasteiger partial charge in [-0.2, -0.15) is 0 Å². The standard InChI is InChI=1S/C27H23N5O4S2/c33-25(13-30-26(34)16-5-6-24-22(10-16)36-21-3-1-2-4-23(21)38-24)32-15-37-14-20(32)27(35)29-12-18-9-17-11-28-8-7-19(17)31-18/h1-11,20,31H,12-15H2,(H,29,35)(H,30,34). The summed E-state index contributed by atoms with van der Waals surface area (Å²) in [5, 5.41) is 6.57. The van der Waals surface area contributed by atoms with Gasteiger partial charge in [0.05, 0.1) is 28.8 Å². The molecule has 1 unspecified atom stereocenters. The number of thioether (sulfide) groups is 1. The van der Waals surface area contributed by atoms with Crippen molar-refractivity contribution in [2.75, 3.05) is 18.2 Å². The van der Waals surface area contributed by atoms with Crippen molar-refractivity contribution in [3.8, 4) is 11.5 Å². The molecule has 1 atom stereocenters. The zero-order chi connectivity index (χ0) is 26.1. The lowest BCUT2D eigenvalue weighted by Crippen LogP contribution is -2.49. The van der Waals surface area contributed by atoms with Gasteiger partial charge < -0.3 is 25.3 Å². The molecule has 4 heterocycles. The number of para-hydroxylation sites is 1. The molecule has 11 heteroatoms. The number of rotatable bonds is 6. The molecule has 2 aromatic carbocycles. The Balaban J connectivity index is 1.04. The lowest BCUT2D eigenvalue weighted by Gasteiger charge is -2.23. The van der Waals surface area contributed by atoms with Crippen LogP contribution in [0.2, 0.25) is 0 Å². The van der Waals surface area contributed by atoms with E-state index in [-0.39, 0.29) is 24.3 Å². The monoisotopic (exact) mass is 545 g/mol. The molecular weight excluding hydrogens is 522 g/mol. The van der Waals surface area contributed by atoms with Gasteiger partial charge in [-0.15, -0.1) is 11.8 Å². The van der Waals surface area contributed by atoms with E-state index in [2.05, 4.69) is 20.6 Å². The summed E-state index contributed by atoms with van der Waals surface area (Å²) in [6.07, 6.45) is 3.46. The smallest absolute Gasteiger partial charge is 0.251 e. The lowest BCUT2D eigenvalue weighted by molar-refractivity contribution is -0.137. The number of carbonyl (C=O) groups excluding carboxylic acids is 3. The molecule has 0 spiro atoms. The highest BCUT2D eigenvalue weighted by molar-refractivity contribution is 7.99. The third-order valence-electron chi connectivity index (χ3n) is 6.33. The third-order valence-corrected chi connectivity index (χ3v) is 8.46. The van der Waals surface area contributed by atoms with E-state index < -0.39 is 6.04 Å². The number of ether oxygens (including phenoxy) is 1. The van der Waals surface area contributed by atoms with E-state index in [1.807, 2.05) is 42.5 Å². The van der Waals surface area contributed by atoms with Crippen LogP contribution in [0, 0.1) is 0 Å². The number of hydrogen-bond donors (Lipinski definition) is 3. The van der Waals surface area contributed by atoms with E-state index >= 15 is 0 Å². The number of carbonyl (C=O) groups is 3. The summed E-state index contributed by atoms with van der Waals surface area (Å²) in [5.74, 6) is 1.34. The Bertz CT molecular complexity index is 1520. The van der Waals surface area contributed by atoms with Gasteiger partial charge in [-0.05, 0) is 42.5 Å². The second-order valence-corrected chi connectivity index (χ2v) is 10.9. The normalized spacial score (nSPS) is 15.9. The van der Waals surface area contributed by atoms with Gasteiger partial charge in [0.2, 0.25) is 11.8 Å². The van der Waals surface area contributed by atoms with Crippen LogP contribution in [-0.4, -0.2) is 56.8 Å². The number of fused-ring (bicyclic) bond motifs is 3. The van der Waals surface area contributed by atoms with Crippen LogP contribution < -0.4 is 15.4 Å². The highest BCUT2D eigenvalue weighted by Crippen LogP contribution is 2.46. The molecule has 3 N–H and O–H groups in total. The largest absolute Gasteiger partial charge is 0.455 e. The van der Waals surface area contributed by atoms with Gasteiger partial charge in [-0.1, -0.05) is 23.9 Å². The van der Waals surface area contributed by atoms with Crippen LogP contribution >= 0.6 is 23.5 Å². The maximum Gasteiger partial charge on any atom is 0.251 e. The van der Waals surface area contributed by atoms with Crippen LogP contribution in [0.5, 0.6) is 11.5 Å². The number of benzene rings is 2. The highest BCUT2D eigenvalue weighted by Gasteiger charge is 2.34. The van der Waals surface area contributed by atoms with Crippen molar-refractivity contribution in [3.05, 3.63) is 78.2 Å². The number of hydrogen-bond acceptors (Lipinski definition) is 7. The van der Waals surface area contributed by atoms with Crippen molar-refractivity contribution in [2.24, 2.45) is 0 Å². The molecule has 1 fully saturated rings. The zero-order valence-electron chi connectivity index (χ0n) is 20.1. The molecule has 6 rings (SSSR count). The number of nitrogens with one attached hydrogen (secondary N) is 3. The molecule has 1 saturated heterocycles. The van der Waals surface area contributed by atoms with Crippen molar-refractivity contribution in [1.82, 2.24) is 25.5 Å². The summed E-state index contributed by atoms with van der Waals surface area (Å²) in [5.41, 5.74) is 2.20. The average Bonchev–Trinajstić information content (AvgIpc) is 3.60. The molecule has 9 nitrogen and oxygen atoms in total. The molecule has 0 radical (unpaired) electrons. The second-order valence-electron chi connectivity index (χ2n) is 8.85. The maximum atomic E-state index is 12.9. The third kappa shape index (κ3) is 4.94. The summed E-state index contributed by atoms with van der Waals surface area (Å²) < 4.78 is 5.96. The minimum Gasteiger partial charge on any atom is -0.455 e. The average molecular weight is 546 g/mol. The first kappa shape index (κ1) is 24.4. The number of aromatic nitrogens is 2. The van der Waals surface area contributed by atoms with E-state index in [1.54, 1.807) is 36.3 Å². The zero-order valence-corrected chi connectivity index (χ0v) is 21.7. The number of amides is 3. The van der Waals surface area contributed by atoms with Crippen molar-refractivity contribution in [2.45, 2.75) is 22.4 Å². The SMILES string of the molecule is O=C(NCC(=O)N1CSCC1C(=O)NCc1cc2cnccc2[nH]1)c1ccc2c(c1)Oc1ccccc1S2. The number of H-pyrrole nitrogens is 1. The Labute approximate surface area is 226 Å². The van der Waals surface area contributed by atoms with Gasteiger partial charge >= 0.3 is 0 Å². The van der Waals surface area contributed by atoms with Gasteiger partial charge in [0.1, 0.15) is 17.5 Å². The summed E-state index contributed by atoms with van der Waals surface area (Å²) in [4.78, 5) is 49.4. The van der Waals surface area contributed by atoms with Crippen LogP contribution in [0.15, 0.2) is 76.8 Å². The Hall–Kier alpha value is -3.96. The molecular formula is C27H23N5O4S2. The van der Waals surface area contributed by atoms with E-state index in [4.69, 9.17) is 4.74 Å². The molecule has 0 bridgehead atoms.